The Morgan fingerprint density at radius 3 is 2.39 bits per heavy atom. The molecule has 0 aliphatic carbocycles. The SMILES string of the molecule is CCOC(=O)CCSc1nc2cc(Cl)c(Cl)cc2nc1C(C)C. The number of rotatable bonds is 6. The number of benzene rings is 1. The van der Waals surface area contributed by atoms with Gasteiger partial charge in [0.1, 0.15) is 5.03 Å². The number of esters is 1. The first-order chi connectivity index (χ1) is 10.9. The van der Waals surface area contributed by atoms with Crippen molar-refractivity contribution in [3.63, 3.8) is 0 Å². The maximum atomic E-state index is 11.4. The molecule has 0 bridgehead atoms. The summed E-state index contributed by atoms with van der Waals surface area (Å²) in [6.45, 7) is 6.31. The van der Waals surface area contributed by atoms with Gasteiger partial charge in [-0.05, 0) is 25.0 Å². The summed E-state index contributed by atoms with van der Waals surface area (Å²) >= 11 is 13.6. The molecule has 0 saturated carbocycles. The highest BCUT2D eigenvalue weighted by atomic mass is 35.5. The third kappa shape index (κ3) is 4.72. The van der Waals surface area contributed by atoms with Gasteiger partial charge in [0, 0.05) is 5.75 Å². The number of halogens is 2. The molecule has 124 valence electrons. The number of aromatic nitrogens is 2. The minimum atomic E-state index is -0.199. The van der Waals surface area contributed by atoms with Crippen molar-refractivity contribution in [2.45, 2.75) is 38.1 Å². The van der Waals surface area contributed by atoms with Crippen LogP contribution in [0, 0.1) is 0 Å². The quantitative estimate of drug-likeness (QED) is 0.521. The number of fused-ring (bicyclic) bond motifs is 1. The molecular formula is C16H18Cl2N2O2S. The fraction of sp³-hybridized carbons (Fsp3) is 0.438. The van der Waals surface area contributed by atoms with E-state index in [1.165, 1.54) is 11.8 Å². The molecule has 0 unspecified atom stereocenters. The van der Waals surface area contributed by atoms with Gasteiger partial charge in [0.25, 0.3) is 0 Å². The van der Waals surface area contributed by atoms with Crippen molar-refractivity contribution in [3.8, 4) is 0 Å². The highest BCUT2D eigenvalue weighted by Gasteiger charge is 2.15. The van der Waals surface area contributed by atoms with Crippen molar-refractivity contribution in [2.75, 3.05) is 12.4 Å². The molecule has 23 heavy (non-hydrogen) atoms. The zero-order valence-corrected chi connectivity index (χ0v) is 15.6. The molecular weight excluding hydrogens is 355 g/mol. The topological polar surface area (TPSA) is 52.1 Å². The molecule has 2 rings (SSSR count). The molecule has 2 aromatic rings. The lowest BCUT2D eigenvalue weighted by atomic mass is 10.1. The van der Waals surface area contributed by atoms with Crippen LogP contribution in [0.4, 0.5) is 0 Å². The molecule has 0 radical (unpaired) electrons. The Hall–Kier alpha value is -1.04. The lowest BCUT2D eigenvalue weighted by Crippen LogP contribution is -2.06. The second kappa shape index (κ2) is 8.18. The Labute approximate surface area is 149 Å². The van der Waals surface area contributed by atoms with Gasteiger partial charge < -0.3 is 4.74 Å². The number of hydrogen-bond donors (Lipinski definition) is 0. The van der Waals surface area contributed by atoms with Crippen LogP contribution in [-0.4, -0.2) is 28.3 Å². The summed E-state index contributed by atoms with van der Waals surface area (Å²) in [5.41, 5.74) is 2.31. The predicted molar refractivity (Wildman–Crippen MR) is 95.6 cm³/mol. The summed E-state index contributed by atoms with van der Waals surface area (Å²) in [4.78, 5) is 20.8. The first-order valence-corrected chi connectivity index (χ1v) is 9.11. The van der Waals surface area contributed by atoms with Crippen LogP contribution >= 0.6 is 35.0 Å². The second-order valence-corrected chi connectivity index (χ2v) is 7.13. The Kier molecular flexibility index (Phi) is 6.50. The van der Waals surface area contributed by atoms with E-state index in [2.05, 4.69) is 23.8 Å². The molecule has 0 N–H and O–H groups in total. The van der Waals surface area contributed by atoms with Crippen molar-refractivity contribution < 1.29 is 9.53 Å². The third-order valence-electron chi connectivity index (χ3n) is 3.10. The van der Waals surface area contributed by atoms with Crippen LogP contribution in [0.25, 0.3) is 11.0 Å². The number of ether oxygens (including phenoxy) is 1. The van der Waals surface area contributed by atoms with E-state index in [1.54, 1.807) is 19.1 Å². The van der Waals surface area contributed by atoms with Gasteiger partial charge in [0.2, 0.25) is 0 Å². The van der Waals surface area contributed by atoms with Crippen LogP contribution in [0.3, 0.4) is 0 Å². The fourth-order valence-electron chi connectivity index (χ4n) is 2.00. The minimum absolute atomic E-state index is 0.199. The zero-order valence-electron chi connectivity index (χ0n) is 13.2. The largest absolute Gasteiger partial charge is 0.466 e. The maximum Gasteiger partial charge on any atom is 0.306 e. The van der Waals surface area contributed by atoms with E-state index in [-0.39, 0.29) is 11.9 Å². The Bertz CT molecular complexity index is 723. The summed E-state index contributed by atoms with van der Waals surface area (Å²) in [7, 11) is 0. The van der Waals surface area contributed by atoms with E-state index in [0.29, 0.717) is 34.3 Å². The highest BCUT2D eigenvalue weighted by Crippen LogP contribution is 2.31. The molecule has 1 aromatic carbocycles. The third-order valence-corrected chi connectivity index (χ3v) is 4.80. The molecule has 1 aromatic heterocycles. The van der Waals surface area contributed by atoms with Gasteiger partial charge in [0.05, 0.1) is 39.8 Å². The van der Waals surface area contributed by atoms with E-state index in [4.69, 9.17) is 27.9 Å². The number of nitrogens with zero attached hydrogens (tertiary/aromatic N) is 2. The van der Waals surface area contributed by atoms with Crippen LogP contribution in [0.2, 0.25) is 10.0 Å². The van der Waals surface area contributed by atoms with Crippen LogP contribution in [0.5, 0.6) is 0 Å². The molecule has 1 heterocycles. The summed E-state index contributed by atoms with van der Waals surface area (Å²) in [5, 5.41) is 1.73. The molecule has 7 heteroatoms. The van der Waals surface area contributed by atoms with Gasteiger partial charge in [-0.25, -0.2) is 9.97 Å². The van der Waals surface area contributed by atoms with E-state index in [9.17, 15) is 4.79 Å². The van der Waals surface area contributed by atoms with Crippen molar-refractivity contribution in [1.29, 1.82) is 0 Å². The van der Waals surface area contributed by atoms with Crippen molar-refractivity contribution in [3.05, 3.63) is 27.9 Å². The maximum absolute atomic E-state index is 11.4. The molecule has 0 aliphatic heterocycles. The number of hydrogen-bond acceptors (Lipinski definition) is 5. The molecule has 0 saturated heterocycles. The lowest BCUT2D eigenvalue weighted by molar-refractivity contribution is -0.142. The lowest BCUT2D eigenvalue weighted by Gasteiger charge is -2.12. The standard InChI is InChI=1S/C16H18Cl2N2O2S/c1-4-22-14(21)5-6-23-16-15(9(2)3)19-12-7-10(17)11(18)8-13(12)20-16/h7-9H,4-6H2,1-3H3. The summed E-state index contributed by atoms with van der Waals surface area (Å²) in [6, 6.07) is 3.44. The highest BCUT2D eigenvalue weighted by molar-refractivity contribution is 7.99. The van der Waals surface area contributed by atoms with E-state index >= 15 is 0 Å². The van der Waals surface area contributed by atoms with Crippen LogP contribution in [0.1, 0.15) is 38.8 Å². The van der Waals surface area contributed by atoms with E-state index < -0.39 is 0 Å². The first-order valence-electron chi connectivity index (χ1n) is 7.37. The molecule has 0 aliphatic rings. The summed E-state index contributed by atoms with van der Waals surface area (Å²) in [5.74, 6) is 0.612. The predicted octanol–water partition coefficient (Wildman–Crippen LogP) is 5.11. The fourth-order valence-corrected chi connectivity index (χ4v) is 3.37. The Morgan fingerprint density at radius 1 is 1.22 bits per heavy atom. The first kappa shape index (κ1) is 18.3. The van der Waals surface area contributed by atoms with Crippen LogP contribution in [0.15, 0.2) is 17.2 Å². The van der Waals surface area contributed by atoms with Gasteiger partial charge in [0.15, 0.2) is 0 Å². The Balaban J connectivity index is 2.28. The molecule has 0 atom stereocenters. The number of carbonyl (C=O) groups excluding carboxylic acids is 1. The van der Waals surface area contributed by atoms with Crippen molar-refractivity contribution >= 4 is 52.0 Å². The van der Waals surface area contributed by atoms with E-state index in [0.717, 1.165) is 16.2 Å². The number of thioether (sulfide) groups is 1. The average molecular weight is 373 g/mol. The molecule has 0 fully saturated rings. The monoisotopic (exact) mass is 372 g/mol. The molecule has 0 spiro atoms. The van der Waals surface area contributed by atoms with Crippen LogP contribution in [-0.2, 0) is 9.53 Å². The second-order valence-electron chi connectivity index (χ2n) is 5.23. The van der Waals surface area contributed by atoms with Crippen molar-refractivity contribution in [2.24, 2.45) is 0 Å². The van der Waals surface area contributed by atoms with Crippen LogP contribution < -0.4 is 0 Å². The summed E-state index contributed by atoms with van der Waals surface area (Å²) < 4.78 is 4.94. The summed E-state index contributed by atoms with van der Waals surface area (Å²) in [6.07, 6.45) is 0.344. The molecule has 4 nitrogen and oxygen atoms in total. The van der Waals surface area contributed by atoms with Gasteiger partial charge in [-0.1, -0.05) is 37.0 Å². The normalized spacial score (nSPS) is 11.2. The van der Waals surface area contributed by atoms with Gasteiger partial charge in [-0.3, -0.25) is 4.79 Å². The van der Waals surface area contributed by atoms with Crippen molar-refractivity contribution in [1.82, 2.24) is 9.97 Å². The number of carbonyl (C=O) groups is 1. The van der Waals surface area contributed by atoms with Gasteiger partial charge >= 0.3 is 5.97 Å². The van der Waals surface area contributed by atoms with E-state index in [1.807, 2.05) is 0 Å². The average Bonchev–Trinajstić information content (AvgIpc) is 2.48. The smallest absolute Gasteiger partial charge is 0.306 e. The molecule has 0 amide bonds. The zero-order chi connectivity index (χ0) is 17.0. The minimum Gasteiger partial charge on any atom is -0.466 e. The van der Waals surface area contributed by atoms with Gasteiger partial charge in [-0.15, -0.1) is 11.8 Å². The Morgan fingerprint density at radius 2 is 1.83 bits per heavy atom. The van der Waals surface area contributed by atoms with Gasteiger partial charge in [-0.2, -0.15) is 0 Å².